The first kappa shape index (κ1) is 28.4. The van der Waals surface area contributed by atoms with E-state index < -0.39 is 27.6 Å². The van der Waals surface area contributed by atoms with Crippen molar-refractivity contribution in [1.82, 2.24) is 10.3 Å². The number of furan rings is 1. The molecule has 0 aliphatic carbocycles. The number of sulfonamides is 1. The number of amides is 1. The minimum atomic E-state index is -3.80. The summed E-state index contributed by atoms with van der Waals surface area (Å²) in [5.74, 6) is -1.33. The molecular formula is C31H22ClF2N3O5S. The largest absolute Gasteiger partial charge is 0.455 e. The number of halogens is 3. The van der Waals surface area contributed by atoms with E-state index in [1.54, 1.807) is 30.3 Å². The maximum atomic E-state index is 15.2. The van der Waals surface area contributed by atoms with E-state index in [0.717, 1.165) is 10.6 Å². The summed E-state index contributed by atoms with van der Waals surface area (Å²) in [4.78, 5) is 17.6. The highest BCUT2D eigenvalue weighted by Gasteiger charge is 2.26. The molecule has 0 bridgehead atoms. The quantitative estimate of drug-likeness (QED) is 0.210. The zero-order valence-corrected chi connectivity index (χ0v) is 24.5. The van der Waals surface area contributed by atoms with Crippen LogP contribution >= 0.6 is 11.6 Å². The molecule has 0 unspecified atom stereocenters. The van der Waals surface area contributed by atoms with Crippen LogP contribution in [-0.2, 0) is 10.0 Å². The molecule has 0 fully saturated rings. The summed E-state index contributed by atoms with van der Waals surface area (Å²) in [6.45, 7) is 0. The maximum absolute atomic E-state index is 15.2. The van der Waals surface area contributed by atoms with Gasteiger partial charge in [0.15, 0.2) is 5.58 Å². The number of carbonyl (C=O) groups is 1. The van der Waals surface area contributed by atoms with Crippen molar-refractivity contribution in [3.63, 3.8) is 0 Å². The first-order valence-corrected chi connectivity index (χ1v) is 15.1. The maximum Gasteiger partial charge on any atom is 0.255 e. The first-order chi connectivity index (χ1) is 20.4. The lowest BCUT2D eigenvalue weighted by Crippen LogP contribution is -2.25. The zero-order chi connectivity index (χ0) is 30.6. The third kappa shape index (κ3) is 5.10. The van der Waals surface area contributed by atoms with Gasteiger partial charge in [-0.25, -0.2) is 22.2 Å². The van der Waals surface area contributed by atoms with Gasteiger partial charge < -0.3 is 14.2 Å². The van der Waals surface area contributed by atoms with Crippen molar-refractivity contribution in [3.05, 3.63) is 95.0 Å². The summed E-state index contributed by atoms with van der Waals surface area (Å²) in [5.41, 5.74) is 2.59. The van der Waals surface area contributed by atoms with Crippen LogP contribution in [0, 0.1) is 11.6 Å². The molecule has 0 saturated heterocycles. The summed E-state index contributed by atoms with van der Waals surface area (Å²) in [6.07, 6.45) is 1.03. The van der Waals surface area contributed by atoms with Gasteiger partial charge in [-0.1, -0.05) is 17.7 Å². The molecule has 0 aliphatic rings. The predicted molar refractivity (Wildman–Crippen MR) is 162 cm³/mol. The molecule has 218 valence electrons. The molecule has 0 radical (unpaired) electrons. The van der Waals surface area contributed by atoms with Gasteiger partial charge in [0.2, 0.25) is 15.9 Å². The first-order valence-electron chi connectivity index (χ1n) is 12.8. The van der Waals surface area contributed by atoms with Gasteiger partial charge in [0.25, 0.3) is 5.91 Å². The average molecular weight is 622 g/mol. The summed E-state index contributed by atoms with van der Waals surface area (Å²) in [6, 6.07) is 17.6. The molecule has 12 heteroatoms. The number of oxazole rings is 1. The Morgan fingerprint density at radius 1 is 0.907 bits per heavy atom. The van der Waals surface area contributed by atoms with Crippen LogP contribution in [0.1, 0.15) is 10.4 Å². The van der Waals surface area contributed by atoms with Crippen molar-refractivity contribution in [3.8, 4) is 33.9 Å². The Morgan fingerprint density at radius 2 is 1.63 bits per heavy atom. The van der Waals surface area contributed by atoms with E-state index in [0.29, 0.717) is 27.1 Å². The van der Waals surface area contributed by atoms with Crippen molar-refractivity contribution in [2.75, 3.05) is 24.7 Å². The van der Waals surface area contributed by atoms with Gasteiger partial charge in [0.1, 0.15) is 28.5 Å². The molecule has 0 atom stereocenters. The fraction of sp³-hybridized carbons (Fsp3) is 0.0968. The van der Waals surface area contributed by atoms with Crippen molar-refractivity contribution in [2.45, 2.75) is 0 Å². The number of nitrogens with zero attached hydrogens (tertiary/aromatic N) is 2. The lowest BCUT2D eigenvalue weighted by atomic mass is 9.97. The summed E-state index contributed by atoms with van der Waals surface area (Å²) < 4.78 is 67.2. The minimum absolute atomic E-state index is 0.107. The zero-order valence-electron chi connectivity index (χ0n) is 22.9. The van der Waals surface area contributed by atoms with Crippen molar-refractivity contribution >= 4 is 55.3 Å². The molecular weight excluding hydrogens is 600 g/mol. The van der Waals surface area contributed by atoms with Crippen LogP contribution in [0.2, 0.25) is 5.02 Å². The standard InChI is InChI=1S/C31H22ClF2N3O5S/c1-35-30(38)27-22-14-21(17-11-18(13-20(34)12-17)31-36-28-23(32)5-4-6-25(28)42-31)24(37(2)43(3,39)40)15-26(22)41-29(27)16-7-9-19(33)10-8-16/h4-15H,1-3H3,(H,35,38). The van der Waals surface area contributed by atoms with E-state index in [1.807, 2.05) is 0 Å². The molecule has 1 amide bonds. The normalized spacial score (nSPS) is 11.8. The molecule has 2 aromatic heterocycles. The summed E-state index contributed by atoms with van der Waals surface area (Å²) in [5, 5.41) is 3.29. The SMILES string of the molecule is CNC(=O)c1c(-c2ccc(F)cc2)oc2cc(N(C)S(C)(=O)=O)c(-c3cc(F)cc(-c4nc5c(Cl)cccc5o4)c3)cc12. The van der Waals surface area contributed by atoms with Crippen LogP contribution in [0.5, 0.6) is 0 Å². The molecule has 43 heavy (non-hydrogen) atoms. The van der Waals surface area contributed by atoms with Crippen molar-refractivity contribution < 1.29 is 30.8 Å². The second-order valence-corrected chi connectivity index (χ2v) is 12.2. The van der Waals surface area contributed by atoms with Gasteiger partial charge in [-0.2, -0.15) is 0 Å². The fourth-order valence-corrected chi connectivity index (χ4v) is 5.58. The van der Waals surface area contributed by atoms with Gasteiger partial charge in [-0.05, 0) is 66.2 Å². The Labute approximate surface area is 249 Å². The molecule has 2 heterocycles. The summed E-state index contributed by atoms with van der Waals surface area (Å²) >= 11 is 6.26. The highest BCUT2D eigenvalue weighted by atomic mass is 35.5. The van der Waals surface area contributed by atoms with Crippen molar-refractivity contribution in [1.29, 1.82) is 0 Å². The molecule has 0 spiro atoms. The fourth-order valence-electron chi connectivity index (χ4n) is 4.86. The Kier molecular flexibility index (Phi) is 6.94. The molecule has 6 aromatic rings. The number of aromatic nitrogens is 1. The second kappa shape index (κ2) is 10.5. The number of nitrogens with one attached hydrogen (secondary N) is 1. The number of hydrogen-bond acceptors (Lipinski definition) is 6. The number of anilines is 1. The number of benzene rings is 4. The van der Waals surface area contributed by atoms with Crippen LogP contribution in [0.4, 0.5) is 14.5 Å². The van der Waals surface area contributed by atoms with Crippen LogP contribution in [0.15, 0.2) is 81.6 Å². The van der Waals surface area contributed by atoms with Gasteiger partial charge in [0.05, 0.1) is 22.5 Å². The lowest BCUT2D eigenvalue weighted by Gasteiger charge is -2.21. The van der Waals surface area contributed by atoms with Crippen LogP contribution < -0.4 is 9.62 Å². The summed E-state index contributed by atoms with van der Waals surface area (Å²) in [7, 11) is -0.994. The molecule has 4 aromatic carbocycles. The molecule has 0 aliphatic heterocycles. The minimum Gasteiger partial charge on any atom is -0.455 e. The van der Waals surface area contributed by atoms with Crippen LogP contribution in [0.3, 0.4) is 0 Å². The van der Waals surface area contributed by atoms with E-state index in [-0.39, 0.29) is 45.2 Å². The van der Waals surface area contributed by atoms with Gasteiger partial charge in [-0.15, -0.1) is 0 Å². The third-order valence-electron chi connectivity index (χ3n) is 7.03. The molecule has 8 nitrogen and oxygen atoms in total. The predicted octanol–water partition coefficient (Wildman–Crippen LogP) is 7.26. The number of hydrogen-bond donors (Lipinski definition) is 1. The Balaban J connectivity index is 1.63. The average Bonchev–Trinajstić information content (AvgIpc) is 3.58. The number of carbonyl (C=O) groups excluding carboxylic acids is 1. The molecule has 6 rings (SSSR count). The number of fused-ring (bicyclic) bond motifs is 2. The topological polar surface area (TPSA) is 106 Å². The molecule has 1 N–H and O–H groups in total. The Bertz CT molecular complexity index is 2180. The van der Waals surface area contributed by atoms with Gasteiger partial charge in [-0.3, -0.25) is 9.10 Å². The number of rotatable bonds is 6. The van der Waals surface area contributed by atoms with E-state index in [4.69, 9.17) is 20.4 Å². The molecule has 0 saturated carbocycles. The van der Waals surface area contributed by atoms with E-state index in [1.165, 1.54) is 56.6 Å². The second-order valence-electron chi connectivity index (χ2n) is 9.82. The van der Waals surface area contributed by atoms with Crippen molar-refractivity contribution in [2.24, 2.45) is 0 Å². The third-order valence-corrected chi connectivity index (χ3v) is 8.53. The smallest absolute Gasteiger partial charge is 0.255 e. The highest BCUT2D eigenvalue weighted by Crippen LogP contribution is 2.42. The monoisotopic (exact) mass is 621 g/mol. The van der Waals surface area contributed by atoms with E-state index >= 15 is 4.39 Å². The highest BCUT2D eigenvalue weighted by molar-refractivity contribution is 7.92. The van der Waals surface area contributed by atoms with Gasteiger partial charge in [0, 0.05) is 42.2 Å². The van der Waals surface area contributed by atoms with E-state index in [9.17, 15) is 17.6 Å². The van der Waals surface area contributed by atoms with Crippen LogP contribution in [-0.4, -0.2) is 39.7 Å². The number of para-hydroxylation sites is 1. The lowest BCUT2D eigenvalue weighted by molar-refractivity contribution is 0.0964. The Morgan fingerprint density at radius 3 is 2.30 bits per heavy atom. The van der Waals surface area contributed by atoms with Gasteiger partial charge >= 0.3 is 0 Å². The van der Waals surface area contributed by atoms with Crippen LogP contribution in [0.25, 0.3) is 56.0 Å². The van der Waals surface area contributed by atoms with E-state index in [2.05, 4.69) is 10.3 Å². The Hall–Kier alpha value is -4.74.